The summed E-state index contributed by atoms with van der Waals surface area (Å²) < 4.78 is 63.1. The minimum absolute atomic E-state index is 0.0946. The normalized spacial score (nSPS) is 26.3. The maximum absolute atomic E-state index is 15.8. The highest BCUT2D eigenvalue weighted by molar-refractivity contribution is 5.88. The first kappa shape index (κ1) is 30.5. The Kier molecular flexibility index (Phi) is 7.93. The molecule has 4 aliphatic rings. The first-order chi connectivity index (χ1) is 20.9. The topological polar surface area (TPSA) is 86.8 Å². The van der Waals surface area contributed by atoms with Crippen molar-refractivity contribution >= 4 is 16.9 Å². The van der Waals surface area contributed by atoms with Gasteiger partial charge in [-0.15, -0.1) is 0 Å². The molecule has 1 aliphatic carbocycles. The number of nitrogens with one attached hydrogen (secondary N) is 1. The standard InChI is InChI=1S/C33H38F4N6O/c1-21-23-7-6-8-25(17-23)33(36,37)24-9-15-42(16-10-24)20-32(34,35)11-4-3-5-14-43-29-26(28(39-21)40-22(2)41-29)18-27(30(43)44)31(19-38)12-13-31/h6-8,17-18,21,24H,3-5,9-16,20H2,1-2H3,(H,39,40,41)/t21-/m1/s1. The Morgan fingerprint density at radius 2 is 1.75 bits per heavy atom. The number of alkyl halides is 4. The Hall–Kier alpha value is -3.52. The van der Waals surface area contributed by atoms with Gasteiger partial charge in [-0.05, 0) is 83.2 Å². The van der Waals surface area contributed by atoms with Gasteiger partial charge in [-0.3, -0.25) is 14.3 Å². The molecule has 7 nitrogen and oxygen atoms in total. The van der Waals surface area contributed by atoms with Crippen LogP contribution in [0.4, 0.5) is 23.4 Å². The quantitative estimate of drug-likeness (QED) is 0.304. The third-order valence-electron chi connectivity index (χ3n) is 9.64. The van der Waals surface area contributed by atoms with Crippen LogP contribution in [0.25, 0.3) is 11.0 Å². The fourth-order valence-corrected chi connectivity index (χ4v) is 6.81. The number of hydrogen-bond donors (Lipinski definition) is 1. The summed E-state index contributed by atoms with van der Waals surface area (Å²) in [5.41, 5.74) is 0.156. The molecule has 0 spiro atoms. The van der Waals surface area contributed by atoms with E-state index in [0.29, 0.717) is 59.5 Å². The van der Waals surface area contributed by atoms with Gasteiger partial charge in [0.2, 0.25) is 0 Å². The summed E-state index contributed by atoms with van der Waals surface area (Å²) in [5.74, 6) is -6.11. The van der Waals surface area contributed by atoms with Gasteiger partial charge in [-0.25, -0.2) is 27.5 Å². The third-order valence-corrected chi connectivity index (χ3v) is 9.64. The molecule has 5 heterocycles. The van der Waals surface area contributed by atoms with Gasteiger partial charge in [0.15, 0.2) is 0 Å². The average Bonchev–Trinajstić information content (AvgIpc) is 3.78. The molecule has 0 unspecified atom stereocenters. The van der Waals surface area contributed by atoms with Crippen LogP contribution < -0.4 is 10.9 Å². The molecule has 1 aromatic carbocycles. The number of rotatable bonds is 1. The van der Waals surface area contributed by atoms with Gasteiger partial charge in [-0.2, -0.15) is 5.26 Å². The molecule has 11 heteroatoms. The van der Waals surface area contributed by atoms with E-state index in [1.807, 2.05) is 6.92 Å². The zero-order valence-electron chi connectivity index (χ0n) is 25.2. The minimum atomic E-state index is -3.11. The van der Waals surface area contributed by atoms with Gasteiger partial charge in [0.05, 0.1) is 23.4 Å². The molecular formula is C33H38F4N6O. The van der Waals surface area contributed by atoms with E-state index in [2.05, 4.69) is 21.4 Å². The van der Waals surface area contributed by atoms with Crippen LogP contribution in [0.3, 0.4) is 0 Å². The van der Waals surface area contributed by atoms with Crippen LogP contribution in [-0.4, -0.2) is 45.0 Å². The number of nitriles is 1. The highest BCUT2D eigenvalue weighted by Crippen LogP contribution is 2.47. The zero-order chi connectivity index (χ0) is 31.3. The molecule has 7 rings (SSSR count). The first-order valence-corrected chi connectivity index (χ1v) is 15.6. The van der Waals surface area contributed by atoms with Crippen LogP contribution in [0.5, 0.6) is 0 Å². The number of pyridine rings is 1. The lowest BCUT2D eigenvalue weighted by Crippen LogP contribution is -2.44. The molecule has 2 fully saturated rings. The Labute approximate surface area is 254 Å². The second kappa shape index (κ2) is 11.4. The third kappa shape index (κ3) is 5.81. The van der Waals surface area contributed by atoms with Crippen molar-refractivity contribution in [3.05, 3.63) is 63.2 Å². The van der Waals surface area contributed by atoms with Crippen molar-refractivity contribution in [3.8, 4) is 6.07 Å². The van der Waals surface area contributed by atoms with Gasteiger partial charge < -0.3 is 5.32 Å². The minimum Gasteiger partial charge on any atom is -0.363 e. The summed E-state index contributed by atoms with van der Waals surface area (Å²) in [6.45, 7) is 3.83. The number of nitrogens with zero attached hydrogens (tertiary/aromatic N) is 5. The molecule has 3 aromatic rings. The van der Waals surface area contributed by atoms with Crippen LogP contribution in [0, 0.1) is 24.2 Å². The smallest absolute Gasteiger partial charge is 0.276 e. The second-order valence-corrected chi connectivity index (χ2v) is 12.9. The molecule has 3 aliphatic heterocycles. The van der Waals surface area contributed by atoms with Gasteiger partial charge in [0.1, 0.15) is 17.3 Å². The van der Waals surface area contributed by atoms with Gasteiger partial charge in [0.25, 0.3) is 17.4 Å². The summed E-state index contributed by atoms with van der Waals surface area (Å²) in [4.78, 5) is 24.6. The Balaban J connectivity index is 1.44. The highest BCUT2D eigenvalue weighted by Gasteiger charge is 2.48. The predicted molar refractivity (Wildman–Crippen MR) is 160 cm³/mol. The molecule has 1 atom stereocenters. The van der Waals surface area contributed by atoms with Crippen molar-refractivity contribution in [2.75, 3.05) is 25.0 Å². The number of piperidine rings is 1. The molecular weight excluding hydrogens is 572 g/mol. The fourth-order valence-electron chi connectivity index (χ4n) is 6.81. The molecule has 2 aromatic heterocycles. The number of benzene rings is 1. The van der Waals surface area contributed by atoms with Gasteiger partial charge in [-0.1, -0.05) is 24.6 Å². The van der Waals surface area contributed by atoms with Crippen molar-refractivity contribution in [1.29, 1.82) is 5.26 Å². The lowest BCUT2D eigenvalue weighted by atomic mass is 9.85. The van der Waals surface area contributed by atoms with Crippen molar-refractivity contribution in [2.45, 2.75) is 95.1 Å². The highest BCUT2D eigenvalue weighted by atomic mass is 19.3. The van der Waals surface area contributed by atoms with Crippen LogP contribution in [0.15, 0.2) is 35.1 Å². The van der Waals surface area contributed by atoms with Gasteiger partial charge >= 0.3 is 0 Å². The monoisotopic (exact) mass is 610 g/mol. The van der Waals surface area contributed by atoms with E-state index in [0.717, 1.165) is 0 Å². The van der Waals surface area contributed by atoms with Crippen LogP contribution in [0.2, 0.25) is 0 Å². The fraction of sp³-hybridized carbons (Fsp3) is 0.576. The van der Waals surface area contributed by atoms with Crippen LogP contribution in [0.1, 0.15) is 86.8 Å². The number of hydrogen-bond acceptors (Lipinski definition) is 6. The number of aryl methyl sites for hydroxylation is 2. The van der Waals surface area contributed by atoms with Gasteiger partial charge in [0, 0.05) is 36.1 Å². The molecule has 0 amide bonds. The molecule has 1 saturated carbocycles. The summed E-state index contributed by atoms with van der Waals surface area (Å²) in [6, 6.07) is 9.93. The molecule has 44 heavy (non-hydrogen) atoms. The predicted octanol–water partition coefficient (Wildman–Crippen LogP) is 6.84. The number of halogens is 4. The lowest BCUT2D eigenvalue weighted by molar-refractivity contribution is -0.0974. The van der Waals surface area contributed by atoms with E-state index >= 15 is 8.78 Å². The Morgan fingerprint density at radius 3 is 2.45 bits per heavy atom. The molecule has 1 saturated heterocycles. The van der Waals surface area contributed by atoms with Crippen molar-refractivity contribution in [3.63, 3.8) is 0 Å². The largest absolute Gasteiger partial charge is 0.363 e. The number of anilines is 1. The molecule has 0 radical (unpaired) electrons. The second-order valence-electron chi connectivity index (χ2n) is 12.9. The zero-order valence-corrected chi connectivity index (χ0v) is 25.2. The summed E-state index contributed by atoms with van der Waals surface area (Å²) in [6.07, 6.45) is 2.37. The van der Waals surface area contributed by atoms with E-state index in [4.69, 9.17) is 0 Å². The van der Waals surface area contributed by atoms with Crippen LogP contribution >= 0.6 is 0 Å². The Morgan fingerprint density at radius 1 is 1.00 bits per heavy atom. The summed E-state index contributed by atoms with van der Waals surface area (Å²) in [7, 11) is 0. The maximum atomic E-state index is 15.8. The first-order valence-electron chi connectivity index (χ1n) is 15.6. The van der Waals surface area contributed by atoms with E-state index < -0.39 is 35.8 Å². The molecule has 1 N–H and O–H groups in total. The van der Waals surface area contributed by atoms with E-state index in [1.165, 1.54) is 12.1 Å². The van der Waals surface area contributed by atoms with Crippen molar-refractivity contribution in [1.82, 2.24) is 19.4 Å². The Bertz CT molecular complexity index is 1650. The number of aromatic nitrogens is 3. The van der Waals surface area contributed by atoms with Crippen molar-refractivity contribution < 1.29 is 17.6 Å². The number of fused-ring (bicyclic) bond motifs is 9. The SMILES string of the molecule is Cc1nc2c3cc(C4(C#N)CC4)c(=O)n(c3n1)CCCCCC(F)(F)CN1CCC(CC1)C(F)(F)c1cccc(c1)[C@@H](C)N2. The van der Waals surface area contributed by atoms with Crippen molar-refractivity contribution in [2.24, 2.45) is 5.92 Å². The molecule has 8 bridgehead atoms. The van der Waals surface area contributed by atoms with E-state index in [9.17, 15) is 18.8 Å². The van der Waals surface area contributed by atoms with Crippen LogP contribution in [-0.2, 0) is 17.9 Å². The molecule has 234 valence electrons. The van der Waals surface area contributed by atoms with E-state index in [1.54, 1.807) is 34.6 Å². The maximum Gasteiger partial charge on any atom is 0.276 e. The average molecular weight is 611 g/mol. The summed E-state index contributed by atoms with van der Waals surface area (Å²) in [5, 5.41) is 13.9. The van der Waals surface area contributed by atoms with E-state index in [-0.39, 0.29) is 56.4 Å². The lowest BCUT2D eigenvalue weighted by Gasteiger charge is -2.37. The summed E-state index contributed by atoms with van der Waals surface area (Å²) >= 11 is 0.